The van der Waals surface area contributed by atoms with Gasteiger partial charge in [-0.3, -0.25) is 4.68 Å². The van der Waals surface area contributed by atoms with E-state index >= 15 is 0 Å². The molecule has 4 nitrogen and oxygen atoms in total. The number of hydrogen-bond donors (Lipinski definition) is 1. The van der Waals surface area contributed by atoms with Crippen LogP contribution in [0.2, 0.25) is 0 Å². The van der Waals surface area contributed by atoms with Crippen molar-refractivity contribution in [1.82, 2.24) is 9.78 Å². The largest absolute Gasteiger partial charge is 0.379 e. The molecule has 2 atom stereocenters. The van der Waals surface area contributed by atoms with Crippen LogP contribution in [0.5, 0.6) is 0 Å². The van der Waals surface area contributed by atoms with E-state index in [4.69, 9.17) is 10.5 Å². The molecular formula is C11H19N3O. The Hall–Kier alpha value is -0.870. The molecule has 1 aliphatic heterocycles. The minimum atomic E-state index is 0.114. The Bertz CT molecular complexity index is 305. The van der Waals surface area contributed by atoms with Crippen molar-refractivity contribution in [1.29, 1.82) is 0 Å². The average Bonchev–Trinajstić information content (AvgIpc) is 2.78. The van der Waals surface area contributed by atoms with Crippen molar-refractivity contribution in [3.8, 4) is 0 Å². The van der Waals surface area contributed by atoms with Gasteiger partial charge in [-0.15, -0.1) is 0 Å². The first kappa shape index (κ1) is 10.6. The van der Waals surface area contributed by atoms with Crippen molar-refractivity contribution in [3.63, 3.8) is 0 Å². The van der Waals surface area contributed by atoms with Gasteiger partial charge in [-0.2, -0.15) is 5.10 Å². The maximum absolute atomic E-state index is 5.95. The SMILES string of the molecule is CCC(N)c1cnn(C2CCCOC2)c1. The van der Waals surface area contributed by atoms with Gasteiger partial charge in [0.15, 0.2) is 0 Å². The van der Waals surface area contributed by atoms with Crippen molar-refractivity contribution < 1.29 is 4.74 Å². The Morgan fingerprint density at radius 3 is 3.27 bits per heavy atom. The zero-order chi connectivity index (χ0) is 10.7. The summed E-state index contributed by atoms with van der Waals surface area (Å²) in [7, 11) is 0. The van der Waals surface area contributed by atoms with Gasteiger partial charge in [0.25, 0.3) is 0 Å². The standard InChI is InChI=1S/C11H19N3O/c1-2-11(12)9-6-13-14(7-9)10-4-3-5-15-8-10/h6-7,10-11H,2-5,8,12H2,1H3. The molecule has 84 valence electrons. The summed E-state index contributed by atoms with van der Waals surface area (Å²) in [5, 5.41) is 4.37. The van der Waals surface area contributed by atoms with Crippen LogP contribution in [-0.2, 0) is 4.74 Å². The van der Waals surface area contributed by atoms with E-state index in [2.05, 4.69) is 18.2 Å². The Balaban J connectivity index is 2.05. The summed E-state index contributed by atoms with van der Waals surface area (Å²) >= 11 is 0. The fraction of sp³-hybridized carbons (Fsp3) is 0.727. The molecule has 1 fully saturated rings. The van der Waals surface area contributed by atoms with Crippen LogP contribution >= 0.6 is 0 Å². The highest BCUT2D eigenvalue weighted by molar-refractivity contribution is 5.09. The van der Waals surface area contributed by atoms with Gasteiger partial charge in [-0.25, -0.2) is 0 Å². The van der Waals surface area contributed by atoms with E-state index in [9.17, 15) is 0 Å². The first-order valence-corrected chi connectivity index (χ1v) is 5.68. The zero-order valence-electron chi connectivity index (χ0n) is 9.22. The molecule has 1 saturated heterocycles. The minimum Gasteiger partial charge on any atom is -0.379 e. The van der Waals surface area contributed by atoms with Crippen molar-refractivity contribution in [3.05, 3.63) is 18.0 Å². The van der Waals surface area contributed by atoms with E-state index in [-0.39, 0.29) is 6.04 Å². The van der Waals surface area contributed by atoms with Crippen LogP contribution in [0.25, 0.3) is 0 Å². The molecule has 2 rings (SSSR count). The maximum Gasteiger partial charge on any atom is 0.0753 e. The van der Waals surface area contributed by atoms with Crippen LogP contribution in [0.1, 0.15) is 43.8 Å². The first-order chi connectivity index (χ1) is 7.31. The summed E-state index contributed by atoms with van der Waals surface area (Å²) in [6, 6.07) is 0.514. The second kappa shape index (κ2) is 4.77. The predicted molar refractivity (Wildman–Crippen MR) is 58.5 cm³/mol. The van der Waals surface area contributed by atoms with E-state index in [0.29, 0.717) is 6.04 Å². The molecule has 0 aliphatic carbocycles. The van der Waals surface area contributed by atoms with E-state index in [1.807, 2.05) is 10.9 Å². The minimum absolute atomic E-state index is 0.114. The van der Waals surface area contributed by atoms with Gasteiger partial charge in [-0.1, -0.05) is 6.92 Å². The number of ether oxygens (including phenoxy) is 1. The Morgan fingerprint density at radius 1 is 1.73 bits per heavy atom. The topological polar surface area (TPSA) is 53.1 Å². The highest BCUT2D eigenvalue weighted by Crippen LogP contribution is 2.20. The second-order valence-corrected chi connectivity index (χ2v) is 4.14. The lowest BCUT2D eigenvalue weighted by molar-refractivity contribution is 0.0549. The van der Waals surface area contributed by atoms with Crippen LogP contribution in [0.3, 0.4) is 0 Å². The number of nitrogens with two attached hydrogens (primary N) is 1. The fourth-order valence-electron chi connectivity index (χ4n) is 1.91. The van der Waals surface area contributed by atoms with E-state index in [1.54, 1.807) is 0 Å². The third-order valence-electron chi connectivity index (χ3n) is 3.00. The molecular weight excluding hydrogens is 190 g/mol. The van der Waals surface area contributed by atoms with Crippen LogP contribution < -0.4 is 5.73 Å². The van der Waals surface area contributed by atoms with Crippen molar-refractivity contribution in [2.45, 2.75) is 38.3 Å². The van der Waals surface area contributed by atoms with E-state index in [0.717, 1.165) is 38.0 Å². The lowest BCUT2D eigenvalue weighted by atomic mass is 10.1. The fourth-order valence-corrected chi connectivity index (χ4v) is 1.91. The van der Waals surface area contributed by atoms with Gasteiger partial charge in [0, 0.05) is 24.4 Å². The van der Waals surface area contributed by atoms with Crippen molar-refractivity contribution >= 4 is 0 Å². The number of nitrogens with zero attached hydrogens (tertiary/aromatic N) is 2. The monoisotopic (exact) mass is 209 g/mol. The molecule has 2 heterocycles. The van der Waals surface area contributed by atoms with E-state index in [1.165, 1.54) is 0 Å². The molecule has 0 bridgehead atoms. The predicted octanol–water partition coefficient (Wildman–Crippen LogP) is 1.64. The summed E-state index contributed by atoms with van der Waals surface area (Å²) in [4.78, 5) is 0. The van der Waals surface area contributed by atoms with Crippen LogP contribution in [-0.4, -0.2) is 23.0 Å². The number of hydrogen-bond acceptors (Lipinski definition) is 3. The van der Waals surface area contributed by atoms with Crippen molar-refractivity contribution in [2.24, 2.45) is 5.73 Å². The summed E-state index contributed by atoms with van der Waals surface area (Å²) in [6.45, 7) is 3.76. The molecule has 2 N–H and O–H groups in total. The smallest absolute Gasteiger partial charge is 0.0753 e. The maximum atomic E-state index is 5.95. The normalized spacial score (nSPS) is 24.0. The zero-order valence-corrected chi connectivity index (χ0v) is 9.22. The van der Waals surface area contributed by atoms with Gasteiger partial charge in [0.2, 0.25) is 0 Å². The van der Waals surface area contributed by atoms with E-state index < -0.39 is 0 Å². The highest BCUT2D eigenvalue weighted by atomic mass is 16.5. The van der Waals surface area contributed by atoms with Gasteiger partial charge in [0.05, 0.1) is 18.8 Å². The summed E-state index contributed by atoms with van der Waals surface area (Å²) < 4.78 is 7.44. The third kappa shape index (κ3) is 2.38. The summed E-state index contributed by atoms with van der Waals surface area (Å²) in [5.74, 6) is 0. The molecule has 2 unspecified atom stereocenters. The lowest BCUT2D eigenvalue weighted by Crippen LogP contribution is -2.21. The van der Waals surface area contributed by atoms with Gasteiger partial charge in [-0.05, 0) is 19.3 Å². The number of rotatable bonds is 3. The van der Waals surface area contributed by atoms with Crippen LogP contribution in [0.4, 0.5) is 0 Å². The quantitative estimate of drug-likeness (QED) is 0.823. The Morgan fingerprint density at radius 2 is 2.60 bits per heavy atom. The molecule has 0 radical (unpaired) electrons. The van der Waals surface area contributed by atoms with Crippen LogP contribution in [0.15, 0.2) is 12.4 Å². The third-order valence-corrected chi connectivity index (χ3v) is 3.00. The average molecular weight is 209 g/mol. The molecule has 0 spiro atoms. The summed E-state index contributed by atoms with van der Waals surface area (Å²) in [6.07, 6.45) is 7.17. The van der Waals surface area contributed by atoms with Crippen molar-refractivity contribution in [2.75, 3.05) is 13.2 Å². The first-order valence-electron chi connectivity index (χ1n) is 5.68. The van der Waals surface area contributed by atoms with Gasteiger partial charge < -0.3 is 10.5 Å². The highest BCUT2D eigenvalue weighted by Gasteiger charge is 2.17. The molecule has 1 aliphatic rings. The molecule has 0 aromatic carbocycles. The lowest BCUT2D eigenvalue weighted by Gasteiger charge is -2.22. The molecule has 1 aromatic heterocycles. The number of aromatic nitrogens is 2. The molecule has 4 heteroatoms. The molecule has 15 heavy (non-hydrogen) atoms. The summed E-state index contributed by atoms with van der Waals surface area (Å²) in [5.41, 5.74) is 7.08. The molecule has 0 amide bonds. The Kier molecular flexibility index (Phi) is 3.38. The van der Waals surface area contributed by atoms with Gasteiger partial charge in [0.1, 0.15) is 0 Å². The van der Waals surface area contributed by atoms with Gasteiger partial charge >= 0.3 is 0 Å². The molecule has 1 aromatic rings. The Labute approximate surface area is 90.4 Å². The molecule has 0 saturated carbocycles. The van der Waals surface area contributed by atoms with Crippen LogP contribution in [0, 0.1) is 0 Å². The second-order valence-electron chi connectivity index (χ2n) is 4.14.